The standard InChI is InChI=1S/C13H17N3O3S2/c1-13(12(15)17)5-6-16(8-13)21(18,19)10-4-2-3-9(7-10)11(14)20/h2-4,7H,5-6,8H2,1H3,(H2,14,20)(H2,15,17). The van der Waals surface area contributed by atoms with Crippen molar-refractivity contribution in [3.8, 4) is 0 Å². The number of thiocarbonyl (C=S) groups is 1. The van der Waals surface area contributed by atoms with E-state index in [1.807, 2.05) is 0 Å². The second-order valence-electron chi connectivity index (χ2n) is 5.41. The van der Waals surface area contributed by atoms with Crippen LogP contribution in [-0.2, 0) is 14.8 Å². The molecule has 1 aromatic rings. The number of primary amides is 1. The zero-order chi connectivity index (χ0) is 15.8. The molecule has 1 aliphatic rings. The van der Waals surface area contributed by atoms with Gasteiger partial charge in [0.15, 0.2) is 0 Å². The minimum Gasteiger partial charge on any atom is -0.389 e. The maximum absolute atomic E-state index is 12.6. The van der Waals surface area contributed by atoms with Gasteiger partial charge in [0.05, 0.1) is 10.3 Å². The zero-order valence-electron chi connectivity index (χ0n) is 11.6. The number of hydrogen-bond acceptors (Lipinski definition) is 4. The lowest BCUT2D eigenvalue weighted by Gasteiger charge is -2.21. The second-order valence-corrected chi connectivity index (χ2v) is 7.78. The summed E-state index contributed by atoms with van der Waals surface area (Å²) >= 11 is 4.86. The first-order valence-corrected chi connectivity index (χ1v) is 8.21. The molecule has 1 atom stereocenters. The van der Waals surface area contributed by atoms with Crippen molar-refractivity contribution in [2.24, 2.45) is 16.9 Å². The molecule has 0 radical (unpaired) electrons. The van der Waals surface area contributed by atoms with Crippen LogP contribution in [0.4, 0.5) is 0 Å². The lowest BCUT2D eigenvalue weighted by Crippen LogP contribution is -2.38. The van der Waals surface area contributed by atoms with Crippen molar-refractivity contribution >= 4 is 33.1 Å². The van der Waals surface area contributed by atoms with Gasteiger partial charge in [0.2, 0.25) is 15.9 Å². The van der Waals surface area contributed by atoms with Gasteiger partial charge in [-0.3, -0.25) is 4.79 Å². The number of rotatable bonds is 4. The van der Waals surface area contributed by atoms with Gasteiger partial charge in [0.1, 0.15) is 4.99 Å². The Kier molecular flexibility index (Phi) is 4.05. The molecule has 6 nitrogen and oxygen atoms in total. The summed E-state index contributed by atoms with van der Waals surface area (Å²) in [5.41, 5.74) is 10.5. The monoisotopic (exact) mass is 327 g/mol. The summed E-state index contributed by atoms with van der Waals surface area (Å²) < 4.78 is 26.5. The Morgan fingerprint density at radius 1 is 1.38 bits per heavy atom. The van der Waals surface area contributed by atoms with Crippen molar-refractivity contribution in [1.82, 2.24) is 4.31 Å². The summed E-state index contributed by atoms with van der Waals surface area (Å²) in [4.78, 5) is 11.7. The van der Waals surface area contributed by atoms with Crippen molar-refractivity contribution in [1.29, 1.82) is 0 Å². The van der Waals surface area contributed by atoms with Crippen molar-refractivity contribution in [3.63, 3.8) is 0 Å². The third kappa shape index (κ3) is 2.92. The van der Waals surface area contributed by atoms with E-state index in [1.54, 1.807) is 19.1 Å². The maximum atomic E-state index is 12.6. The molecule has 1 unspecified atom stereocenters. The molecule has 2 rings (SSSR count). The van der Waals surface area contributed by atoms with Gasteiger partial charge in [-0.2, -0.15) is 4.31 Å². The van der Waals surface area contributed by atoms with Crippen LogP contribution in [0.25, 0.3) is 0 Å². The highest BCUT2D eigenvalue weighted by molar-refractivity contribution is 7.89. The molecule has 1 saturated heterocycles. The van der Waals surface area contributed by atoms with E-state index >= 15 is 0 Å². The number of carbonyl (C=O) groups excluding carboxylic acids is 1. The summed E-state index contributed by atoms with van der Waals surface area (Å²) in [5.74, 6) is -0.489. The molecule has 0 bridgehead atoms. The third-order valence-corrected chi connectivity index (χ3v) is 5.87. The fourth-order valence-corrected chi connectivity index (χ4v) is 4.02. The fraction of sp³-hybridized carbons (Fsp3) is 0.385. The SMILES string of the molecule is CC1(C(N)=O)CCN(S(=O)(=O)c2cccc(C(N)=S)c2)C1. The Bertz CT molecular complexity index is 702. The summed E-state index contributed by atoms with van der Waals surface area (Å²) in [6.45, 7) is 2.03. The quantitative estimate of drug-likeness (QED) is 0.769. The van der Waals surface area contributed by atoms with E-state index in [1.165, 1.54) is 16.4 Å². The van der Waals surface area contributed by atoms with Crippen LogP contribution in [0, 0.1) is 5.41 Å². The van der Waals surface area contributed by atoms with Crippen LogP contribution in [0.15, 0.2) is 29.2 Å². The van der Waals surface area contributed by atoms with Crippen LogP contribution < -0.4 is 11.5 Å². The molecule has 1 fully saturated rings. The van der Waals surface area contributed by atoms with E-state index in [0.717, 1.165) is 0 Å². The predicted molar refractivity (Wildman–Crippen MR) is 83.0 cm³/mol. The lowest BCUT2D eigenvalue weighted by atomic mass is 9.89. The highest BCUT2D eigenvalue weighted by Crippen LogP contribution is 2.33. The van der Waals surface area contributed by atoms with Crippen LogP contribution in [-0.4, -0.2) is 36.7 Å². The molecular formula is C13H17N3O3S2. The summed E-state index contributed by atoms with van der Waals surface area (Å²) in [7, 11) is -3.69. The van der Waals surface area contributed by atoms with Gasteiger partial charge in [-0.15, -0.1) is 0 Å². The summed E-state index contributed by atoms with van der Waals surface area (Å²) in [6.07, 6.45) is 0.413. The van der Waals surface area contributed by atoms with Gasteiger partial charge in [0.25, 0.3) is 0 Å². The molecule has 114 valence electrons. The van der Waals surface area contributed by atoms with Crippen molar-refractivity contribution in [2.75, 3.05) is 13.1 Å². The predicted octanol–water partition coefficient (Wildman–Crippen LogP) is 0.207. The van der Waals surface area contributed by atoms with Crippen LogP contribution >= 0.6 is 12.2 Å². The largest absolute Gasteiger partial charge is 0.389 e. The molecular weight excluding hydrogens is 310 g/mol. The maximum Gasteiger partial charge on any atom is 0.243 e. The number of benzene rings is 1. The van der Waals surface area contributed by atoms with E-state index < -0.39 is 21.3 Å². The molecule has 1 aliphatic heterocycles. The van der Waals surface area contributed by atoms with E-state index in [-0.39, 0.29) is 23.0 Å². The van der Waals surface area contributed by atoms with Gasteiger partial charge < -0.3 is 11.5 Å². The molecule has 1 aromatic carbocycles. The van der Waals surface area contributed by atoms with Crippen molar-refractivity contribution in [3.05, 3.63) is 29.8 Å². The second kappa shape index (κ2) is 5.36. The first-order chi connectivity index (χ1) is 9.67. The van der Waals surface area contributed by atoms with Gasteiger partial charge in [-0.05, 0) is 25.5 Å². The molecule has 1 heterocycles. The number of nitrogens with two attached hydrogens (primary N) is 2. The molecule has 0 saturated carbocycles. The Labute approximate surface area is 129 Å². The smallest absolute Gasteiger partial charge is 0.243 e. The summed E-state index contributed by atoms with van der Waals surface area (Å²) in [5, 5.41) is 0. The molecule has 0 aliphatic carbocycles. The van der Waals surface area contributed by atoms with Gasteiger partial charge in [0, 0.05) is 18.7 Å². The Morgan fingerprint density at radius 2 is 2.05 bits per heavy atom. The first kappa shape index (κ1) is 15.9. The number of hydrogen-bond donors (Lipinski definition) is 2. The van der Waals surface area contributed by atoms with Gasteiger partial charge in [-0.25, -0.2) is 8.42 Å². The molecule has 8 heteroatoms. The van der Waals surface area contributed by atoms with E-state index in [2.05, 4.69) is 0 Å². The van der Waals surface area contributed by atoms with E-state index in [4.69, 9.17) is 23.7 Å². The zero-order valence-corrected chi connectivity index (χ0v) is 13.2. The topological polar surface area (TPSA) is 106 Å². The average Bonchev–Trinajstić information content (AvgIpc) is 2.84. The average molecular weight is 327 g/mol. The normalized spacial score (nSPS) is 23.1. The lowest BCUT2D eigenvalue weighted by molar-refractivity contribution is -0.126. The van der Waals surface area contributed by atoms with Crippen molar-refractivity contribution < 1.29 is 13.2 Å². The van der Waals surface area contributed by atoms with E-state index in [9.17, 15) is 13.2 Å². The number of amides is 1. The first-order valence-electron chi connectivity index (χ1n) is 6.37. The van der Waals surface area contributed by atoms with Crippen LogP contribution in [0.3, 0.4) is 0 Å². The molecule has 21 heavy (non-hydrogen) atoms. The molecule has 4 N–H and O–H groups in total. The number of carbonyl (C=O) groups is 1. The Balaban J connectivity index is 2.34. The van der Waals surface area contributed by atoms with Gasteiger partial charge >= 0.3 is 0 Å². The van der Waals surface area contributed by atoms with E-state index in [0.29, 0.717) is 12.0 Å². The highest BCUT2D eigenvalue weighted by Gasteiger charge is 2.43. The number of nitrogens with zero attached hydrogens (tertiary/aromatic N) is 1. The van der Waals surface area contributed by atoms with Crippen LogP contribution in [0.5, 0.6) is 0 Å². The molecule has 1 amide bonds. The minimum atomic E-state index is -3.69. The highest BCUT2D eigenvalue weighted by atomic mass is 32.2. The third-order valence-electron chi connectivity index (χ3n) is 3.79. The molecule has 0 spiro atoms. The van der Waals surface area contributed by atoms with Crippen LogP contribution in [0.1, 0.15) is 18.9 Å². The minimum absolute atomic E-state index is 0.0853. The molecule has 0 aromatic heterocycles. The van der Waals surface area contributed by atoms with Crippen molar-refractivity contribution in [2.45, 2.75) is 18.2 Å². The Hall–Kier alpha value is -1.51. The van der Waals surface area contributed by atoms with Crippen LogP contribution in [0.2, 0.25) is 0 Å². The number of sulfonamides is 1. The summed E-state index contributed by atoms with van der Waals surface area (Å²) in [6, 6.07) is 6.16. The fourth-order valence-electron chi connectivity index (χ4n) is 2.28. The van der Waals surface area contributed by atoms with Gasteiger partial charge in [-0.1, -0.05) is 24.4 Å². The Morgan fingerprint density at radius 3 is 2.57 bits per heavy atom.